The van der Waals surface area contributed by atoms with Crippen LogP contribution in [0.1, 0.15) is 12.8 Å². The molecule has 0 spiro atoms. The number of halogens is 4. The van der Waals surface area contributed by atoms with Gasteiger partial charge in [0.1, 0.15) is 9.67 Å². The largest absolute Gasteiger partial charge is 0.381 e. The fourth-order valence-corrected chi connectivity index (χ4v) is 0.803. The van der Waals surface area contributed by atoms with E-state index in [1.165, 1.54) is 0 Å². The summed E-state index contributed by atoms with van der Waals surface area (Å²) < 4.78 is 5.12. The predicted molar refractivity (Wildman–Crippen MR) is 51.0 cm³/mol. The summed E-state index contributed by atoms with van der Waals surface area (Å²) >= 11 is 21.8. The molecule has 0 aromatic carbocycles. The highest BCUT2D eigenvalue weighted by Gasteiger charge is 2.00. The smallest absolute Gasteiger partial charge is 0.110 e. The van der Waals surface area contributed by atoms with Gasteiger partial charge in [0.15, 0.2) is 0 Å². The summed E-state index contributed by atoms with van der Waals surface area (Å²) in [7, 11) is 0. The van der Waals surface area contributed by atoms with Crippen LogP contribution in [-0.4, -0.2) is 22.9 Å². The Kier molecular flexibility index (Phi) is 8.54. The minimum atomic E-state index is -0.349. The quantitative estimate of drug-likeness (QED) is 0.510. The molecule has 0 saturated carbocycles. The van der Waals surface area contributed by atoms with Crippen LogP contribution in [0, 0.1) is 0 Å². The molecular formula is C6H10Cl4O. The van der Waals surface area contributed by atoms with Gasteiger partial charge in [-0.2, -0.15) is 0 Å². The molecule has 0 heterocycles. The van der Waals surface area contributed by atoms with E-state index < -0.39 is 0 Å². The number of hydrogen-bond acceptors (Lipinski definition) is 1. The fourth-order valence-electron chi connectivity index (χ4n) is 0.447. The molecule has 1 nitrogen and oxygen atoms in total. The number of hydrogen-bond donors (Lipinski definition) is 0. The molecule has 0 aliphatic rings. The number of ether oxygens (including phenoxy) is 1. The standard InChI is InChI=1S/C6H10Cl4O/c7-5(8)1-3-11-4-2-6(9)10/h5-6H,1-4H2. The van der Waals surface area contributed by atoms with E-state index in [4.69, 9.17) is 51.1 Å². The zero-order chi connectivity index (χ0) is 8.69. The van der Waals surface area contributed by atoms with Crippen molar-refractivity contribution in [1.29, 1.82) is 0 Å². The van der Waals surface area contributed by atoms with Crippen molar-refractivity contribution < 1.29 is 4.74 Å². The summed E-state index contributed by atoms with van der Waals surface area (Å²) in [6.45, 7) is 1.11. The first kappa shape index (κ1) is 12.1. The van der Waals surface area contributed by atoms with E-state index >= 15 is 0 Å². The highest BCUT2D eigenvalue weighted by molar-refractivity contribution is 6.44. The van der Waals surface area contributed by atoms with Crippen molar-refractivity contribution in [3.8, 4) is 0 Å². The van der Waals surface area contributed by atoms with Crippen molar-refractivity contribution in [2.45, 2.75) is 22.5 Å². The molecule has 0 aromatic heterocycles. The van der Waals surface area contributed by atoms with Gasteiger partial charge in [0.05, 0.1) is 0 Å². The van der Waals surface area contributed by atoms with E-state index in [1.54, 1.807) is 0 Å². The molecule has 0 aliphatic carbocycles. The van der Waals surface area contributed by atoms with Crippen molar-refractivity contribution in [2.24, 2.45) is 0 Å². The maximum Gasteiger partial charge on any atom is 0.110 e. The second-order valence-electron chi connectivity index (χ2n) is 1.97. The Labute approximate surface area is 86.9 Å². The molecule has 0 fully saturated rings. The molecule has 0 aromatic rings. The molecule has 0 amide bonds. The molecule has 0 radical (unpaired) electrons. The molecule has 0 bridgehead atoms. The van der Waals surface area contributed by atoms with Gasteiger partial charge in [-0.3, -0.25) is 0 Å². The Hall–Kier alpha value is 1.12. The third kappa shape index (κ3) is 11.1. The second-order valence-corrected chi connectivity index (χ2v) is 4.53. The lowest BCUT2D eigenvalue weighted by molar-refractivity contribution is 0.134. The third-order valence-electron chi connectivity index (χ3n) is 0.961. The SMILES string of the molecule is ClC(Cl)CCOCCC(Cl)Cl. The topological polar surface area (TPSA) is 9.23 Å². The van der Waals surface area contributed by atoms with Gasteiger partial charge < -0.3 is 4.74 Å². The van der Waals surface area contributed by atoms with Gasteiger partial charge in [-0.1, -0.05) is 0 Å². The van der Waals surface area contributed by atoms with Gasteiger partial charge in [-0.25, -0.2) is 0 Å². The predicted octanol–water partition coefficient (Wildman–Crippen LogP) is 3.39. The van der Waals surface area contributed by atoms with E-state index in [2.05, 4.69) is 0 Å². The monoisotopic (exact) mass is 238 g/mol. The summed E-state index contributed by atoms with van der Waals surface area (Å²) in [5.41, 5.74) is 0. The van der Waals surface area contributed by atoms with Gasteiger partial charge in [-0.05, 0) is 0 Å². The van der Waals surface area contributed by atoms with E-state index in [0.717, 1.165) is 0 Å². The van der Waals surface area contributed by atoms with Crippen molar-refractivity contribution in [3.63, 3.8) is 0 Å². The lowest BCUT2D eigenvalue weighted by Gasteiger charge is -2.04. The van der Waals surface area contributed by atoms with Crippen LogP contribution in [-0.2, 0) is 4.74 Å². The summed E-state index contributed by atoms with van der Waals surface area (Å²) in [4.78, 5) is -0.699. The van der Waals surface area contributed by atoms with Crippen LogP contribution in [0.4, 0.5) is 0 Å². The van der Waals surface area contributed by atoms with E-state index in [1.807, 2.05) is 0 Å². The molecule has 68 valence electrons. The van der Waals surface area contributed by atoms with Gasteiger partial charge in [0, 0.05) is 26.1 Å². The minimum Gasteiger partial charge on any atom is -0.381 e. The average molecular weight is 240 g/mol. The third-order valence-corrected chi connectivity index (χ3v) is 1.83. The Bertz CT molecular complexity index is 76.7. The lowest BCUT2D eigenvalue weighted by atomic mass is 10.5. The molecule has 0 saturated heterocycles. The molecule has 5 heteroatoms. The Morgan fingerprint density at radius 1 is 0.818 bits per heavy atom. The first-order valence-electron chi connectivity index (χ1n) is 3.27. The second kappa shape index (κ2) is 7.75. The summed E-state index contributed by atoms with van der Waals surface area (Å²) in [6.07, 6.45) is 1.27. The van der Waals surface area contributed by atoms with Crippen LogP contribution in [0.5, 0.6) is 0 Å². The minimum absolute atomic E-state index is 0.349. The van der Waals surface area contributed by atoms with Crippen LogP contribution in [0.25, 0.3) is 0 Å². The van der Waals surface area contributed by atoms with Gasteiger partial charge in [0.25, 0.3) is 0 Å². The maximum atomic E-state index is 5.45. The van der Waals surface area contributed by atoms with Crippen molar-refractivity contribution in [3.05, 3.63) is 0 Å². The Morgan fingerprint density at radius 3 is 1.45 bits per heavy atom. The van der Waals surface area contributed by atoms with Gasteiger partial charge in [0.2, 0.25) is 0 Å². The molecule has 0 rings (SSSR count). The fraction of sp³-hybridized carbons (Fsp3) is 1.00. The number of rotatable bonds is 6. The Morgan fingerprint density at radius 2 is 1.18 bits per heavy atom. The first-order valence-corrected chi connectivity index (χ1v) is 5.01. The first-order chi connectivity index (χ1) is 5.13. The molecule has 0 N–H and O–H groups in total. The highest BCUT2D eigenvalue weighted by Crippen LogP contribution is 2.08. The molecular weight excluding hydrogens is 230 g/mol. The van der Waals surface area contributed by atoms with Gasteiger partial charge in [-0.15, -0.1) is 46.4 Å². The van der Waals surface area contributed by atoms with Crippen LogP contribution >= 0.6 is 46.4 Å². The van der Waals surface area contributed by atoms with Crippen molar-refractivity contribution in [2.75, 3.05) is 13.2 Å². The molecule has 11 heavy (non-hydrogen) atoms. The van der Waals surface area contributed by atoms with Crippen LogP contribution in [0.15, 0.2) is 0 Å². The molecule has 0 aliphatic heterocycles. The summed E-state index contributed by atoms with van der Waals surface area (Å²) in [5.74, 6) is 0. The average Bonchev–Trinajstić information content (AvgIpc) is 1.85. The Balaban J connectivity index is 2.91. The number of alkyl halides is 4. The van der Waals surface area contributed by atoms with Crippen molar-refractivity contribution >= 4 is 46.4 Å². The summed E-state index contributed by atoms with van der Waals surface area (Å²) in [6, 6.07) is 0. The maximum absolute atomic E-state index is 5.45. The van der Waals surface area contributed by atoms with Gasteiger partial charge >= 0.3 is 0 Å². The zero-order valence-electron chi connectivity index (χ0n) is 5.90. The highest BCUT2D eigenvalue weighted by atomic mass is 35.5. The van der Waals surface area contributed by atoms with E-state index in [0.29, 0.717) is 26.1 Å². The lowest BCUT2D eigenvalue weighted by Crippen LogP contribution is -2.03. The van der Waals surface area contributed by atoms with Crippen LogP contribution in [0.3, 0.4) is 0 Å². The zero-order valence-corrected chi connectivity index (χ0v) is 8.93. The normalized spacial score (nSPS) is 11.5. The van der Waals surface area contributed by atoms with Crippen LogP contribution < -0.4 is 0 Å². The van der Waals surface area contributed by atoms with E-state index in [9.17, 15) is 0 Å². The summed E-state index contributed by atoms with van der Waals surface area (Å²) in [5, 5.41) is 0. The molecule has 0 atom stereocenters. The van der Waals surface area contributed by atoms with E-state index in [-0.39, 0.29) is 9.67 Å². The van der Waals surface area contributed by atoms with Crippen LogP contribution in [0.2, 0.25) is 0 Å². The van der Waals surface area contributed by atoms with Crippen molar-refractivity contribution in [1.82, 2.24) is 0 Å². The molecule has 0 unspecified atom stereocenters.